The van der Waals surface area contributed by atoms with Gasteiger partial charge in [0.25, 0.3) is 0 Å². The molecule has 0 radical (unpaired) electrons. The topological polar surface area (TPSA) is 112 Å². The summed E-state index contributed by atoms with van der Waals surface area (Å²) in [4.78, 5) is 13.0. The summed E-state index contributed by atoms with van der Waals surface area (Å²) in [5, 5.41) is 19.9. The molecule has 1 atom stereocenters. The Bertz CT molecular complexity index is 1120. The minimum Gasteiger partial charge on any atom is -0.383 e. The summed E-state index contributed by atoms with van der Waals surface area (Å²) in [5.74, 6) is 0.552. The molecule has 0 aliphatic rings. The number of aromatic nitrogens is 3. The second-order valence-electron chi connectivity index (χ2n) is 6.86. The standard InChI is InChI=1S/C23H21FN6S/c1-2-16(24)8-6-15-7-9-20(29-13-15)21-18(11-25)22(27)30-23(19(21)12-26)31-14-17-5-3-4-10-28-17/h3-5,7,9-10,13,16H,2,6,8,14H2,1H3,(H2,27,30). The van der Waals surface area contributed by atoms with Crippen LogP contribution in [0.15, 0.2) is 47.8 Å². The molecule has 0 spiro atoms. The Morgan fingerprint density at radius 3 is 2.55 bits per heavy atom. The Morgan fingerprint density at radius 2 is 1.94 bits per heavy atom. The van der Waals surface area contributed by atoms with Crippen LogP contribution in [0.3, 0.4) is 0 Å². The number of anilines is 1. The zero-order valence-corrected chi connectivity index (χ0v) is 17.9. The summed E-state index contributed by atoms with van der Waals surface area (Å²) in [6, 6.07) is 13.4. The third kappa shape index (κ3) is 5.36. The number of hydrogen-bond donors (Lipinski definition) is 1. The second-order valence-corrected chi connectivity index (χ2v) is 7.82. The fourth-order valence-corrected chi connectivity index (χ4v) is 3.94. The molecule has 0 aliphatic heterocycles. The number of pyridine rings is 3. The monoisotopic (exact) mass is 432 g/mol. The number of thioether (sulfide) groups is 1. The van der Waals surface area contributed by atoms with Gasteiger partial charge in [-0.15, -0.1) is 0 Å². The van der Waals surface area contributed by atoms with E-state index in [-0.39, 0.29) is 16.9 Å². The van der Waals surface area contributed by atoms with Crippen LogP contribution in [-0.2, 0) is 12.2 Å². The van der Waals surface area contributed by atoms with Crippen LogP contribution in [0, 0.1) is 22.7 Å². The number of hydrogen-bond acceptors (Lipinski definition) is 7. The molecule has 3 heterocycles. The summed E-state index contributed by atoms with van der Waals surface area (Å²) < 4.78 is 13.5. The first kappa shape index (κ1) is 22.2. The van der Waals surface area contributed by atoms with E-state index in [0.717, 1.165) is 11.3 Å². The predicted octanol–water partition coefficient (Wildman–Crippen LogP) is 4.84. The molecule has 0 aliphatic carbocycles. The van der Waals surface area contributed by atoms with Crippen LogP contribution in [-0.4, -0.2) is 21.1 Å². The summed E-state index contributed by atoms with van der Waals surface area (Å²) in [6.45, 7) is 1.82. The maximum Gasteiger partial charge on any atom is 0.143 e. The summed E-state index contributed by atoms with van der Waals surface area (Å²) in [5.41, 5.74) is 8.97. The smallest absolute Gasteiger partial charge is 0.143 e. The Morgan fingerprint density at radius 1 is 1.13 bits per heavy atom. The van der Waals surface area contributed by atoms with Gasteiger partial charge in [-0.1, -0.05) is 30.8 Å². The fraction of sp³-hybridized carbons (Fsp3) is 0.261. The lowest BCUT2D eigenvalue weighted by atomic mass is 10.00. The predicted molar refractivity (Wildman–Crippen MR) is 119 cm³/mol. The van der Waals surface area contributed by atoms with Gasteiger partial charge in [0.05, 0.1) is 17.0 Å². The highest BCUT2D eigenvalue weighted by Crippen LogP contribution is 2.35. The second kappa shape index (κ2) is 10.5. The largest absolute Gasteiger partial charge is 0.383 e. The van der Waals surface area contributed by atoms with Gasteiger partial charge in [-0.25, -0.2) is 9.37 Å². The summed E-state index contributed by atoms with van der Waals surface area (Å²) >= 11 is 1.33. The van der Waals surface area contributed by atoms with Crippen LogP contribution in [0.1, 0.15) is 42.1 Å². The molecular weight excluding hydrogens is 411 g/mol. The van der Waals surface area contributed by atoms with Crippen LogP contribution >= 0.6 is 11.8 Å². The number of nitriles is 2. The van der Waals surface area contributed by atoms with Crippen molar-refractivity contribution >= 4 is 17.6 Å². The minimum atomic E-state index is -0.839. The Hall–Kier alpha value is -3.49. The van der Waals surface area contributed by atoms with Crippen molar-refractivity contribution in [3.05, 3.63) is 65.1 Å². The van der Waals surface area contributed by atoms with Crippen LogP contribution < -0.4 is 5.73 Å². The zero-order chi connectivity index (χ0) is 22.2. The van der Waals surface area contributed by atoms with Crippen molar-refractivity contribution in [3.63, 3.8) is 0 Å². The maximum atomic E-state index is 13.5. The highest BCUT2D eigenvalue weighted by molar-refractivity contribution is 7.98. The molecule has 0 aromatic carbocycles. The van der Waals surface area contributed by atoms with E-state index in [1.165, 1.54) is 11.8 Å². The number of nitrogens with zero attached hydrogens (tertiary/aromatic N) is 5. The molecule has 2 N–H and O–H groups in total. The highest BCUT2D eigenvalue weighted by Gasteiger charge is 2.21. The highest BCUT2D eigenvalue weighted by atomic mass is 32.2. The third-order valence-corrected chi connectivity index (χ3v) is 5.78. The lowest BCUT2D eigenvalue weighted by Crippen LogP contribution is -2.05. The van der Waals surface area contributed by atoms with Gasteiger partial charge >= 0.3 is 0 Å². The zero-order valence-electron chi connectivity index (χ0n) is 17.0. The summed E-state index contributed by atoms with van der Waals surface area (Å²) in [7, 11) is 0. The molecule has 0 fully saturated rings. The molecule has 0 saturated heterocycles. The number of rotatable bonds is 8. The molecule has 156 valence electrons. The van der Waals surface area contributed by atoms with Crippen molar-refractivity contribution < 1.29 is 4.39 Å². The first-order valence-corrected chi connectivity index (χ1v) is 10.8. The van der Waals surface area contributed by atoms with Crippen molar-refractivity contribution in [2.24, 2.45) is 0 Å². The molecule has 3 rings (SSSR count). The van der Waals surface area contributed by atoms with Gasteiger partial charge < -0.3 is 5.73 Å². The van der Waals surface area contributed by atoms with E-state index in [9.17, 15) is 14.9 Å². The van der Waals surface area contributed by atoms with Gasteiger partial charge in [-0.3, -0.25) is 9.97 Å². The average Bonchev–Trinajstić information content (AvgIpc) is 2.81. The molecule has 0 amide bonds. The average molecular weight is 433 g/mol. The lowest BCUT2D eigenvalue weighted by molar-refractivity contribution is 0.306. The molecule has 8 heteroatoms. The number of aryl methyl sites for hydroxylation is 1. The maximum absolute atomic E-state index is 13.5. The molecule has 1 unspecified atom stereocenters. The Labute approximate surface area is 185 Å². The van der Waals surface area contributed by atoms with E-state index in [1.54, 1.807) is 18.5 Å². The van der Waals surface area contributed by atoms with Crippen LogP contribution in [0.2, 0.25) is 0 Å². The molecule has 0 saturated carbocycles. The van der Waals surface area contributed by atoms with Gasteiger partial charge in [0.1, 0.15) is 34.7 Å². The van der Waals surface area contributed by atoms with Crippen molar-refractivity contribution in [2.75, 3.05) is 5.73 Å². The molecule has 3 aromatic rings. The molecule has 31 heavy (non-hydrogen) atoms. The van der Waals surface area contributed by atoms with Crippen LogP contribution in [0.25, 0.3) is 11.3 Å². The Kier molecular flexibility index (Phi) is 7.53. The molecule has 0 bridgehead atoms. The molecular formula is C23H21FN6S. The number of nitrogen functional groups attached to an aromatic ring is 1. The quantitative estimate of drug-likeness (QED) is 0.507. The van der Waals surface area contributed by atoms with Gasteiger partial charge in [0, 0.05) is 23.7 Å². The first-order valence-electron chi connectivity index (χ1n) is 9.83. The van der Waals surface area contributed by atoms with E-state index in [1.807, 2.05) is 31.2 Å². The minimum absolute atomic E-state index is 0.0501. The van der Waals surface area contributed by atoms with Crippen molar-refractivity contribution in [2.45, 2.75) is 43.1 Å². The number of alkyl halides is 1. The lowest BCUT2D eigenvalue weighted by Gasteiger charge is -2.13. The van der Waals surface area contributed by atoms with Crippen LogP contribution in [0.4, 0.5) is 10.2 Å². The third-order valence-electron chi connectivity index (χ3n) is 4.77. The van der Waals surface area contributed by atoms with Crippen LogP contribution in [0.5, 0.6) is 0 Å². The fourth-order valence-electron chi connectivity index (χ4n) is 3.03. The van der Waals surface area contributed by atoms with Gasteiger partial charge in [0.2, 0.25) is 0 Å². The van der Waals surface area contributed by atoms with Crippen molar-refractivity contribution in [3.8, 4) is 23.4 Å². The van der Waals surface area contributed by atoms with E-state index >= 15 is 0 Å². The number of nitrogens with two attached hydrogens (primary N) is 1. The van der Waals surface area contributed by atoms with Gasteiger partial charge in [0.15, 0.2) is 0 Å². The van der Waals surface area contributed by atoms with E-state index in [2.05, 4.69) is 27.1 Å². The molecule has 6 nitrogen and oxygen atoms in total. The van der Waals surface area contributed by atoms with E-state index in [0.29, 0.717) is 41.3 Å². The summed E-state index contributed by atoms with van der Waals surface area (Å²) in [6.07, 6.45) is 4.00. The van der Waals surface area contributed by atoms with E-state index < -0.39 is 6.17 Å². The number of halogens is 1. The molecule has 3 aromatic heterocycles. The SMILES string of the molecule is CCC(F)CCc1ccc(-c2c(C#N)c(N)nc(SCc3ccccn3)c2C#N)nc1. The normalized spacial score (nSPS) is 11.5. The van der Waals surface area contributed by atoms with Gasteiger partial charge in [-0.05, 0) is 43.0 Å². The van der Waals surface area contributed by atoms with Crippen molar-refractivity contribution in [1.82, 2.24) is 15.0 Å². The first-order chi connectivity index (χ1) is 15.1. The Balaban J connectivity index is 1.96. The van der Waals surface area contributed by atoms with Crippen molar-refractivity contribution in [1.29, 1.82) is 10.5 Å². The van der Waals surface area contributed by atoms with E-state index in [4.69, 9.17) is 5.73 Å². The van der Waals surface area contributed by atoms with Gasteiger partial charge in [-0.2, -0.15) is 10.5 Å².